The Morgan fingerprint density at radius 1 is 1.14 bits per heavy atom. The fourth-order valence-electron chi connectivity index (χ4n) is 6.83. The van der Waals surface area contributed by atoms with E-state index in [1.807, 2.05) is 0 Å². The monoisotopic (exact) mass is 520 g/mol. The first kappa shape index (κ1) is 24.0. The third kappa shape index (κ3) is 2.96. The number of fused-ring (bicyclic) bond motifs is 7. The lowest BCUT2D eigenvalue weighted by Crippen LogP contribution is -2.48. The number of ether oxygens (including phenoxy) is 1. The molecule has 1 aromatic carbocycles. The van der Waals surface area contributed by atoms with Gasteiger partial charge >= 0.3 is 5.97 Å². The Kier molecular flexibility index (Phi) is 5.05. The van der Waals surface area contributed by atoms with E-state index in [2.05, 4.69) is 26.1 Å². The normalized spacial score (nSPS) is 24.6. The topological polar surface area (TPSA) is 124 Å². The number of esters is 1. The number of amides is 1. The van der Waals surface area contributed by atoms with E-state index >= 15 is 0 Å². The van der Waals surface area contributed by atoms with Crippen LogP contribution in [0.5, 0.6) is 0 Å². The number of nitrogens with zero attached hydrogens (tertiary/aromatic N) is 3. The number of carbonyl (C=O) groups is 2. The lowest BCUT2D eigenvalue weighted by molar-refractivity contribution is -0.384. The Morgan fingerprint density at radius 3 is 2.62 bits per heavy atom. The first-order valence-electron chi connectivity index (χ1n) is 12.7. The number of benzene rings is 1. The first-order chi connectivity index (χ1) is 17.5. The number of nitro groups is 1. The lowest BCUT2D eigenvalue weighted by atomic mass is 9.63. The van der Waals surface area contributed by atoms with Gasteiger partial charge in [-0.3, -0.25) is 14.9 Å². The van der Waals surface area contributed by atoms with Gasteiger partial charge in [-0.25, -0.2) is 14.8 Å². The van der Waals surface area contributed by atoms with Gasteiger partial charge in [-0.2, -0.15) is 0 Å². The third-order valence-electron chi connectivity index (χ3n) is 9.25. The van der Waals surface area contributed by atoms with Crippen LogP contribution in [0.25, 0.3) is 11.0 Å². The molecule has 6 rings (SSSR count). The first-order valence-corrected chi connectivity index (χ1v) is 13.5. The number of nitro benzene ring substituents is 1. The van der Waals surface area contributed by atoms with Crippen molar-refractivity contribution in [3.05, 3.63) is 55.7 Å². The second kappa shape index (κ2) is 7.80. The van der Waals surface area contributed by atoms with E-state index in [0.29, 0.717) is 33.7 Å². The maximum atomic E-state index is 14.4. The average molecular weight is 521 g/mol. The Morgan fingerprint density at radius 2 is 1.89 bits per heavy atom. The molecule has 0 saturated heterocycles. The summed E-state index contributed by atoms with van der Waals surface area (Å²) < 4.78 is 5.35. The predicted molar refractivity (Wildman–Crippen MR) is 139 cm³/mol. The largest absolute Gasteiger partial charge is 0.462 e. The molecule has 0 aliphatic heterocycles. The van der Waals surface area contributed by atoms with Crippen molar-refractivity contribution in [2.45, 2.75) is 70.6 Å². The summed E-state index contributed by atoms with van der Waals surface area (Å²) in [5.41, 5.74) is 1.79. The van der Waals surface area contributed by atoms with Crippen molar-refractivity contribution in [1.29, 1.82) is 0 Å². The van der Waals surface area contributed by atoms with E-state index in [9.17, 15) is 19.7 Å². The molecule has 2 unspecified atom stereocenters. The van der Waals surface area contributed by atoms with Gasteiger partial charge in [0.1, 0.15) is 5.00 Å². The molecule has 2 atom stereocenters. The van der Waals surface area contributed by atoms with E-state index in [1.54, 1.807) is 13.0 Å². The molecule has 1 fully saturated rings. The summed E-state index contributed by atoms with van der Waals surface area (Å²) in [6.07, 6.45) is 4.00. The smallest absolute Gasteiger partial charge is 0.341 e. The highest BCUT2D eigenvalue weighted by Gasteiger charge is 2.73. The van der Waals surface area contributed by atoms with Gasteiger partial charge in [0.25, 0.3) is 5.69 Å². The molecule has 2 bridgehead atoms. The van der Waals surface area contributed by atoms with Crippen LogP contribution in [0.2, 0.25) is 0 Å². The molecule has 192 valence electrons. The summed E-state index contributed by atoms with van der Waals surface area (Å²) in [5.74, 6) is -0.625. The van der Waals surface area contributed by atoms with Crippen LogP contribution in [0.15, 0.2) is 18.2 Å². The molecular formula is C27H28N4O5S. The van der Waals surface area contributed by atoms with Crippen LogP contribution < -0.4 is 5.32 Å². The van der Waals surface area contributed by atoms with E-state index in [4.69, 9.17) is 14.7 Å². The summed E-state index contributed by atoms with van der Waals surface area (Å²) in [6.45, 7) is 8.32. The SMILES string of the molecule is CCOC(=O)c1c(NC(=O)C23CCC(C)(c4nc5ccc([N+](=O)[O-])cc5nc42)C3(C)C)sc2c1CCC2. The van der Waals surface area contributed by atoms with Crippen LogP contribution in [-0.2, 0) is 33.2 Å². The number of thiophene rings is 1. The fourth-order valence-corrected chi connectivity index (χ4v) is 8.10. The van der Waals surface area contributed by atoms with Crippen LogP contribution in [-0.4, -0.2) is 33.4 Å². The summed E-state index contributed by atoms with van der Waals surface area (Å²) >= 11 is 1.46. The number of aromatic nitrogens is 2. The zero-order valence-corrected chi connectivity index (χ0v) is 22.1. The highest BCUT2D eigenvalue weighted by molar-refractivity contribution is 7.17. The van der Waals surface area contributed by atoms with E-state index in [0.717, 1.165) is 41.8 Å². The van der Waals surface area contributed by atoms with Crippen molar-refractivity contribution in [2.75, 3.05) is 11.9 Å². The number of nitrogens with one attached hydrogen (secondary N) is 1. The van der Waals surface area contributed by atoms with Crippen LogP contribution in [0.1, 0.15) is 79.1 Å². The molecule has 37 heavy (non-hydrogen) atoms. The van der Waals surface area contributed by atoms with Gasteiger partial charge in [-0.1, -0.05) is 20.8 Å². The number of rotatable bonds is 5. The van der Waals surface area contributed by atoms with Gasteiger partial charge in [0.05, 0.1) is 44.9 Å². The van der Waals surface area contributed by atoms with Crippen LogP contribution in [0.4, 0.5) is 10.7 Å². The molecule has 1 amide bonds. The second-order valence-electron chi connectivity index (χ2n) is 10.9. The summed E-state index contributed by atoms with van der Waals surface area (Å²) in [5, 5.41) is 15.0. The molecule has 1 saturated carbocycles. The molecule has 0 spiro atoms. The number of non-ortho nitro benzene ring substituents is 1. The highest BCUT2D eigenvalue weighted by Crippen LogP contribution is 2.70. The number of hydrogen-bond donors (Lipinski definition) is 1. The minimum absolute atomic E-state index is 0.0685. The molecule has 9 nitrogen and oxygen atoms in total. The maximum absolute atomic E-state index is 14.4. The van der Waals surface area contributed by atoms with Crippen molar-refractivity contribution < 1.29 is 19.2 Å². The van der Waals surface area contributed by atoms with Crippen molar-refractivity contribution in [1.82, 2.24) is 9.97 Å². The Hall–Kier alpha value is -3.40. The van der Waals surface area contributed by atoms with Crippen LogP contribution in [0, 0.1) is 15.5 Å². The Labute approximate surface area is 217 Å². The molecule has 2 heterocycles. The molecule has 2 aromatic heterocycles. The Bertz CT molecular complexity index is 1530. The highest BCUT2D eigenvalue weighted by atomic mass is 32.1. The number of anilines is 1. The van der Waals surface area contributed by atoms with Crippen molar-refractivity contribution >= 4 is 44.9 Å². The molecule has 3 aliphatic rings. The van der Waals surface area contributed by atoms with Gasteiger partial charge < -0.3 is 10.1 Å². The van der Waals surface area contributed by atoms with Crippen molar-refractivity contribution in [3.8, 4) is 0 Å². The minimum atomic E-state index is -0.997. The van der Waals surface area contributed by atoms with E-state index in [-0.39, 0.29) is 18.2 Å². The standard InChI is InChI=1S/C27H28N4O5S/c1-5-36-23(32)19-15-7-6-8-18(15)37-22(19)30-24(33)27-12-11-26(4,25(27,2)3)20-21(27)29-17-13-14(31(34)35)9-10-16(17)28-20/h9-10,13H,5-8,11-12H2,1-4H3,(H,30,33). The van der Waals surface area contributed by atoms with E-state index in [1.165, 1.54) is 23.5 Å². The molecular weight excluding hydrogens is 492 g/mol. The van der Waals surface area contributed by atoms with Crippen LogP contribution >= 0.6 is 11.3 Å². The number of aryl methyl sites for hydroxylation is 1. The third-order valence-corrected chi connectivity index (χ3v) is 10.5. The number of hydrogen-bond acceptors (Lipinski definition) is 8. The summed E-state index contributed by atoms with van der Waals surface area (Å²) in [6, 6.07) is 4.46. The summed E-state index contributed by atoms with van der Waals surface area (Å²) in [4.78, 5) is 49.1. The number of carbonyl (C=O) groups excluding carboxylic acids is 2. The minimum Gasteiger partial charge on any atom is -0.462 e. The second-order valence-corrected chi connectivity index (χ2v) is 12.1. The molecule has 3 aliphatic carbocycles. The van der Waals surface area contributed by atoms with Gasteiger partial charge in [0.2, 0.25) is 5.91 Å². The zero-order valence-electron chi connectivity index (χ0n) is 21.3. The average Bonchev–Trinajstić information content (AvgIpc) is 3.52. The predicted octanol–water partition coefficient (Wildman–Crippen LogP) is 5.23. The molecule has 3 aromatic rings. The van der Waals surface area contributed by atoms with Gasteiger partial charge in [0, 0.05) is 22.4 Å². The van der Waals surface area contributed by atoms with Crippen molar-refractivity contribution in [3.63, 3.8) is 0 Å². The fraction of sp³-hybridized carbons (Fsp3) is 0.481. The van der Waals surface area contributed by atoms with E-state index < -0.39 is 27.1 Å². The van der Waals surface area contributed by atoms with Gasteiger partial charge in [0.15, 0.2) is 0 Å². The maximum Gasteiger partial charge on any atom is 0.341 e. The van der Waals surface area contributed by atoms with Gasteiger partial charge in [-0.05, 0) is 56.1 Å². The van der Waals surface area contributed by atoms with Crippen LogP contribution in [0.3, 0.4) is 0 Å². The zero-order chi connectivity index (χ0) is 26.3. The summed E-state index contributed by atoms with van der Waals surface area (Å²) in [7, 11) is 0. The van der Waals surface area contributed by atoms with Gasteiger partial charge in [-0.15, -0.1) is 11.3 Å². The molecule has 0 radical (unpaired) electrons. The molecule has 10 heteroatoms. The van der Waals surface area contributed by atoms with Crippen molar-refractivity contribution in [2.24, 2.45) is 5.41 Å². The Balaban J connectivity index is 1.49. The molecule has 1 N–H and O–H groups in total. The lowest BCUT2D eigenvalue weighted by Gasteiger charge is -2.39. The quantitative estimate of drug-likeness (QED) is 0.277.